The summed E-state index contributed by atoms with van der Waals surface area (Å²) < 4.78 is 5.54. The predicted octanol–water partition coefficient (Wildman–Crippen LogP) is 2.33. The van der Waals surface area contributed by atoms with E-state index < -0.39 is 0 Å². The molecule has 1 aliphatic rings. The Morgan fingerprint density at radius 2 is 1.95 bits per heavy atom. The molecule has 0 spiro atoms. The Kier molecular flexibility index (Phi) is 4.61. The number of ether oxygens (including phenoxy) is 1. The second-order valence-electron chi connectivity index (χ2n) is 5.73. The number of hydrogen-bond acceptors (Lipinski definition) is 3. The summed E-state index contributed by atoms with van der Waals surface area (Å²) in [6.45, 7) is 12.0. The zero-order chi connectivity index (χ0) is 14.0. The van der Waals surface area contributed by atoms with Gasteiger partial charge in [-0.25, -0.2) is 0 Å². The standard InChI is InChI=1S/C16H26N2O/c1-11-7-12(2)16(13(3)8-11)15(9-17)18-5-6-19-10-14(18)4/h7-8,14-15H,5-6,9-10,17H2,1-4H3. The molecule has 0 bridgehead atoms. The van der Waals surface area contributed by atoms with Crippen LogP contribution in [0.5, 0.6) is 0 Å². The lowest BCUT2D eigenvalue weighted by atomic mass is 9.92. The van der Waals surface area contributed by atoms with Crippen LogP contribution in [0, 0.1) is 20.8 Å². The van der Waals surface area contributed by atoms with Crippen molar-refractivity contribution in [1.82, 2.24) is 4.90 Å². The fourth-order valence-corrected chi connectivity index (χ4v) is 3.34. The summed E-state index contributed by atoms with van der Waals surface area (Å²) in [5.41, 5.74) is 11.5. The van der Waals surface area contributed by atoms with Gasteiger partial charge in [0, 0.05) is 25.2 Å². The van der Waals surface area contributed by atoms with E-state index in [9.17, 15) is 0 Å². The van der Waals surface area contributed by atoms with Crippen LogP contribution in [0.1, 0.15) is 35.2 Å². The van der Waals surface area contributed by atoms with Crippen molar-refractivity contribution in [2.24, 2.45) is 5.73 Å². The highest BCUT2D eigenvalue weighted by atomic mass is 16.5. The summed E-state index contributed by atoms with van der Waals surface area (Å²) in [5, 5.41) is 0. The molecule has 0 aliphatic carbocycles. The maximum atomic E-state index is 6.09. The van der Waals surface area contributed by atoms with E-state index in [1.54, 1.807) is 0 Å². The molecule has 1 fully saturated rings. The molecule has 3 heteroatoms. The molecule has 3 nitrogen and oxygen atoms in total. The Hall–Kier alpha value is -0.900. The minimum atomic E-state index is 0.305. The molecule has 2 atom stereocenters. The van der Waals surface area contributed by atoms with E-state index in [-0.39, 0.29) is 0 Å². The Balaban J connectivity index is 2.36. The Morgan fingerprint density at radius 1 is 1.32 bits per heavy atom. The van der Waals surface area contributed by atoms with Gasteiger partial charge >= 0.3 is 0 Å². The molecule has 0 radical (unpaired) electrons. The Labute approximate surface area is 116 Å². The normalized spacial score (nSPS) is 22.5. The monoisotopic (exact) mass is 262 g/mol. The molecule has 0 amide bonds. The Morgan fingerprint density at radius 3 is 2.47 bits per heavy atom. The minimum Gasteiger partial charge on any atom is -0.379 e. The van der Waals surface area contributed by atoms with Crippen LogP contribution < -0.4 is 5.73 Å². The summed E-state index contributed by atoms with van der Waals surface area (Å²) in [4.78, 5) is 2.49. The molecule has 1 saturated heterocycles. The van der Waals surface area contributed by atoms with Crippen molar-refractivity contribution in [1.29, 1.82) is 0 Å². The first-order valence-corrected chi connectivity index (χ1v) is 7.16. The average Bonchev–Trinajstić information content (AvgIpc) is 2.34. The molecule has 0 saturated carbocycles. The zero-order valence-corrected chi connectivity index (χ0v) is 12.6. The highest BCUT2D eigenvalue weighted by Crippen LogP contribution is 2.29. The van der Waals surface area contributed by atoms with Gasteiger partial charge in [0.15, 0.2) is 0 Å². The van der Waals surface area contributed by atoms with Crippen molar-refractivity contribution in [2.45, 2.75) is 39.8 Å². The fraction of sp³-hybridized carbons (Fsp3) is 0.625. The quantitative estimate of drug-likeness (QED) is 0.908. The van der Waals surface area contributed by atoms with Crippen LogP contribution in [-0.2, 0) is 4.74 Å². The molecule has 2 rings (SSSR count). The van der Waals surface area contributed by atoms with Crippen LogP contribution in [-0.4, -0.2) is 37.2 Å². The van der Waals surface area contributed by atoms with Crippen LogP contribution in [0.3, 0.4) is 0 Å². The molecular formula is C16H26N2O. The molecule has 2 N–H and O–H groups in total. The van der Waals surface area contributed by atoms with Crippen molar-refractivity contribution < 1.29 is 4.74 Å². The maximum Gasteiger partial charge on any atom is 0.0620 e. The third kappa shape index (κ3) is 2.99. The van der Waals surface area contributed by atoms with Gasteiger partial charge in [-0.15, -0.1) is 0 Å². The van der Waals surface area contributed by atoms with Gasteiger partial charge < -0.3 is 10.5 Å². The number of nitrogens with two attached hydrogens (primary N) is 1. The van der Waals surface area contributed by atoms with Crippen LogP contribution in [0.25, 0.3) is 0 Å². The smallest absolute Gasteiger partial charge is 0.0620 e. The molecule has 2 unspecified atom stereocenters. The second-order valence-corrected chi connectivity index (χ2v) is 5.73. The van der Waals surface area contributed by atoms with Crippen LogP contribution >= 0.6 is 0 Å². The fourth-order valence-electron chi connectivity index (χ4n) is 3.34. The van der Waals surface area contributed by atoms with E-state index in [0.717, 1.165) is 19.8 Å². The highest BCUT2D eigenvalue weighted by molar-refractivity contribution is 5.40. The topological polar surface area (TPSA) is 38.5 Å². The lowest BCUT2D eigenvalue weighted by molar-refractivity contribution is -0.0211. The van der Waals surface area contributed by atoms with Crippen LogP contribution in [0.4, 0.5) is 0 Å². The summed E-state index contributed by atoms with van der Waals surface area (Å²) in [6, 6.07) is 5.26. The lowest BCUT2D eigenvalue weighted by Crippen LogP contribution is -2.48. The first-order valence-electron chi connectivity index (χ1n) is 7.16. The minimum absolute atomic E-state index is 0.305. The number of rotatable bonds is 3. The largest absolute Gasteiger partial charge is 0.379 e. The lowest BCUT2D eigenvalue weighted by Gasteiger charge is -2.40. The summed E-state index contributed by atoms with van der Waals surface area (Å²) in [7, 11) is 0. The van der Waals surface area contributed by atoms with Gasteiger partial charge in [-0.2, -0.15) is 0 Å². The van der Waals surface area contributed by atoms with Gasteiger partial charge in [-0.3, -0.25) is 4.90 Å². The third-order valence-corrected chi connectivity index (χ3v) is 4.11. The van der Waals surface area contributed by atoms with E-state index in [1.807, 2.05) is 0 Å². The van der Waals surface area contributed by atoms with Crippen molar-refractivity contribution in [3.05, 3.63) is 34.4 Å². The van der Waals surface area contributed by atoms with E-state index in [2.05, 4.69) is 44.7 Å². The van der Waals surface area contributed by atoms with Gasteiger partial charge in [0.05, 0.1) is 13.2 Å². The van der Waals surface area contributed by atoms with Crippen LogP contribution in [0.15, 0.2) is 12.1 Å². The van der Waals surface area contributed by atoms with E-state index in [0.29, 0.717) is 18.6 Å². The van der Waals surface area contributed by atoms with E-state index in [4.69, 9.17) is 10.5 Å². The molecule has 1 aromatic rings. The number of aryl methyl sites for hydroxylation is 3. The predicted molar refractivity (Wildman–Crippen MR) is 79.4 cm³/mol. The van der Waals surface area contributed by atoms with Gasteiger partial charge in [0.25, 0.3) is 0 Å². The number of hydrogen-bond donors (Lipinski definition) is 1. The molecule has 19 heavy (non-hydrogen) atoms. The highest BCUT2D eigenvalue weighted by Gasteiger charge is 2.28. The molecule has 1 aliphatic heterocycles. The summed E-state index contributed by atoms with van der Waals surface area (Å²) >= 11 is 0. The van der Waals surface area contributed by atoms with E-state index >= 15 is 0 Å². The number of benzene rings is 1. The summed E-state index contributed by atoms with van der Waals surface area (Å²) in [5.74, 6) is 0. The van der Waals surface area contributed by atoms with Crippen molar-refractivity contribution in [3.8, 4) is 0 Å². The zero-order valence-electron chi connectivity index (χ0n) is 12.6. The second kappa shape index (κ2) is 6.04. The SMILES string of the molecule is Cc1cc(C)c(C(CN)N2CCOCC2C)c(C)c1. The van der Waals surface area contributed by atoms with Crippen LogP contribution in [0.2, 0.25) is 0 Å². The molecule has 1 heterocycles. The van der Waals surface area contributed by atoms with Crippen molar-refractivity contribution in [3.63, 3.8) is 0 Å². The molecular weight excluding hydrogens is 236 g/mol. The number of morpholine rings is 1. The maximum absolute atomic E-state index is 6.09. The molecule has 1 aromatic carbocycles. The molecule has 0 aromatic heterocycles. The van der Waals surface area contributed by atoms with E-state index in [1.165, 1.54) is 22.3 Å². The van der Waals surface area contributed by atoms with Gasteiger partial charge in [-0.05, 0) is 44.4 Å². The van der Waals surface area contributed by atoms with Gasteiger partial charge in [-0.1, -0.05) is 17.7 Å². The summed E-state index contributed by atoms with van der Waals surface area (Å²) in [6.07, 6.45) is 0. The third-order valence-electron chi connectivity index (χ3n) is 4.11. The first-order chi connectivity index (χ1) is 9.04. The van der Waals surface area contributed by atoms with Crippen molar-refractivity contribution >= 4 is 0 Å². The average molecular weight is 262 g/mol. The Bertz CT molecular complexity index is 421. The first kappa shape index (κ1) is 14.5. The van der Waals surface area contributed by atoms with Crippen molar-refractivity contribution in [2.75, 3.05) is 26.3 Å². The number of nitrogens with zero attached hydrogens (tertiary/aromatic N) is 1. The van der Waals surface area contributed by atoms with Gasteiger partial charge in [0.1, 0.15) is 0 Å². The van der Waals surface area contributed by atoms with Gasteiger partial charge in [0.2, 0.25) is 0 Å². The molecule has 106 valence electrons.